The molecule has 2 heterocycles. The summed E-state index contributed by atoms with van der Waals surface area (Å²) in [5.74, 6) is 0. The molecule has 0 aliphatic rings. The van der Waals surface area contributed by atoms with E-state index in [1.807, 2.05) is 29.1 Å². The largest absolute Gasteiger partial charge is 0.353 e. The third-order valence-corrected chi connectivity index (χ3v) is 5.33. The minimum atomic E-state index is -3.42. The van der Waals surface area contributed by atoms with Gasteiger partial charge in [0, 0.05) is 25.5 Å². The fourth-order valence-electron chi connectivity index (χ4n) is 1.34. The third kappa shape index (κ3) is 3.32. The highest BCUT2D eigenvalue weighted by atomic mass is 35.5. The van der Waals surface area contributed by atoms with Gasteiger partial charge in [-0.05, 0) is 24.3 Å². The van der Waals surface area contributed by atoms with Gasteiger partial charge in [0.25, 0.3) is 0 Å². The quantitative estimate of drug-likeness (QED) is 0.918. The van der Waals surface area contributed by atoms with Gasteiger partial charge in [0.15, 0.2) is 0 Å². The summed E-state index contributed by atoms with van der Waals surface area (Å²) in [7, 11) is -3.42. The van der Waals surface area contributed by atoms with E-state index in [9.17, 15) is 8.42 Å². The van der Waals surface area contributed by atoms with E-state index in [0.717, 1.165) is 11.3 Å². The smallest absolute Gasteiger partial charge is 0.250 e. The Morgan fingerprint density at radius 2 is 2.00 bits per heavy atom. The van der Waals surface area contributed by atoms with Crippen LogP contribution in [0, 0.1) is 0 Å². The van der Waals surface area contributed by atoms with Crippen molar-refractivity contribution in [3.8, 4) is 0 Å². The molecule has 0 saturated heterocycles. The molecule has 2 aromatic heterocycles. The normalized spacial score (nSPS) is 11.8. The Morgan fingerprint density at radius 1 is 1.29 bits per heavy atom. The van der Waals surface area contributed by atoms with E-state index in [-0.39, 0.29) is 4.21 Å². The van der Waals surface area contributed by atoms with Gasteiger partial charge in [0.05, 0.1) is 4.34 Å². The van der Waals surface area contributed by atoms with Gasteiger partial charge < -0.3 is 4.57 Å². The fourth-order valence-corrected chi connectivity index (χ4v) is 3.89. The van der Waals surface area contributed by atoms with Crippen LogP contribution in [0.15, 0.2) is 40.9 Å². The monoisotopic (exact) mass is 290 g/mol. The number of aromatic nitrogens is 1. The van der Waals surface area contributed by atoms with Gasteiger partial charge in [-0.1, -0.05) is 11.6 Å². The maximum absolute atomic E-state index is 11.8. The molecule has 0 amide bonds. The Kier molecular flexibility index (Phi) is 3.88. The van der Waals surface area contributed by atoms with E-state index in [4.69, 9.17) is 11.6 Å². The van der Waals surface area contributed by atoms with Gasteiger partial charge in [0.2, 0.25) is 10.0 Å². The zero-order chi connectivity index (χ0) is 12.3. The molecule has 17 heavy (non-hydrogen) atoms. The van der Waals surface area contributed by atoms with Gasteiger partial charge in [0.1, 0.15) is 4.21 Å². The molecule has 0 spiro atoms. The SMILES string of the molecule is O=S(=O)(NCCn1cccc1)c1ccc(Cl)s1. The number of thiophene rings is 1. The highest BCUT2D eigenvalue weighted by molar-refractivity contribution is 7.91. The number of sulfonamides is 1. The second-order valence-corrected chi connectivity index (χ2v) is 7.09. The summed E-state index contributed by atoms with van der Waals surface area (Å²) < 4.78 is 28.8. The van der Waals surface area contributed by atoms with Crippen LogP contribution in [0.5, 0.6) is 0 Å². The molecule has 0 aromatic carbocycles. The van der Waals surface area contributed by atoms with Crippen molar-refractivity contribution in [2.75, 3.05) is 6.54 Å². The van der Waals surface area contributed by atoms with Crippen molar-refractivity contribution >= 4 is 33.0 Å². The first-order valence-electron chi connectivity index (χ1n) is 4.94. The molecule has 0 bridgehead atoms. The zero-order valence-electron chi connectivity index (χ0n) is 8.84. The second kappa shape index (κ2) is 5.22. The van der Waals surface area contributed by atoms with Crippen molar-refractivity contribution in [1.82, 2.24) is 9.29 Å². The predicted octanol–water partition coefficient (Wildman–Crippen LogP) is 2.18. The van der Waals surface area contributed by atoms with Crippen LogP contribution in [0.1, 0.15) is 0 Å². The molecule has 7 heteroatoms. The molecule has 2 aromatic rings. The van der Waals surface area contributed by atoms with E-state index in [1.165, 1.54) is 6.07 Å². The van der Waals surface area contributed by atoms with Crippen molar-refractivity contribution in [2.45, 2.75) is 10.8 Å². The number of halogens is 1. The summed E-state index contributed by atoms with van der Waals surface area (Å²) in [6.45, 7) is 0.956. The Bertz CT molecular complexity index is 575. The summed E-state index contributed by atoms with van der Waals surface area (Å²) in [4.78, 5) is 0. The zero-order valence-corrected chi connectivity index (χ0v) is 11.2. The van der Waals surface area contributed by atoms with Gasteiger partial charge in [-0.15, -0.1) is 11.3 Å². The van der Waals surface area contributed by atoms with Crippen LogP contribution in [0.2, 0.25) is 4.34 Å². The Balaban J connectivity index is 1.94. The van der Waals surface area contributed by atoms with E-state index < -0.39 is 10.0 Å². The molecular weight excluding hydrogens is 280 g/mol. The first-order valence-corrected chi connectivity index (χ1v) is 7.61. The van der Waals surface area contributed by atoms with Crippen molar-refractivity contribution in [1.29, 1.82) is 0 Å². The number of hydrogen-bond acceptors (Lipinski definition) is 3. The van der Waals surface area contributed by atoms with Gasteiger partial charge in [-0.3, -0.25) is 0 Å². The Morgan fingerprint density at radius 3 is 2.59 bits per heavy atom. The summed E-state index contributed by atoms with van der Waals surface area (Å²) in [5.41, 5.74) is 0. The van der Waals surface area contributed by atoms with E-state index in [2.05, 4.69) is 4.72 Å². The standard InChI is InChI=1S/C10H11ClN2O2S2/c11-9-3-4-10(16-9)17(14,15)12-5-8-13-6-1-2-7-13/h1-4,6-7,12H,5,8H2. The summed E-state index contributed by atoms with van der Waals surface area (Å²) >= 11 is 6.75. The molecule has 0 fully saturated rings. The lowest BCUT2D eigenvalue weighted by molar-refractivity contribution is 0.575. The number of nitrogens with one attached hydrogen (secondary N) is 1. The average molecular weight is 291 g/mol. The molecular formula is C10H11ClN2O2S2. The minimum Gasteiger partial charge on any atom is -0.353 e. The van der Waals surface area contributed by atoms with Crippen molar-refractivity contribution in [3.05, 3.63) is 41.0 Å². The minimum absolute atomic E-state index is 0.245. The predicted molar refractivity (Wildman–Crippen MR) is 68.9 cm³/mol. The van der Waals surface area contributed by atoms with E-state index >= 15 is 0 Å². The molecule has 0 atom stereocenters. The molecule has 0 radical (unpaired) electrons. The Hall–Kier alpha value is -0.820. The molecule has 2 rings (SSSR count). The van der Waals surface area contributed by atoms with Crippen LogP contribution in [0.4, 0.5) is 0 Å². The average Bonchev–Trinajstić information content (AvgIpc) is 2.89. The van der Waals surface area contributed by atoms with Crippen molar-refractivity contribution < 1.29 is 8.42 Å². The lowest BCUT2D eigenvalue weighted by Gasteiger charge is -2.05. The van der Waals surface area contributed by atoms with Crippen LogP contribution < -0.4 is 4.72 Å². The van der Waals surface area contributed by atoms with Gasteiger partial charge in [-0.2, -0.15) is 0 Å². The Labute approximate surface area is 109 Å². The van der Waals surface area contributed by atoms with E-state index in [0.29, 0.717) is 17.4 Å². The van der Waals surface area contributed by atoms with Crippen molar-refractivity contribution in [3.63, 3.8) is 0 Å². The maximum atomic E-state index is 11.8. The highest BCUT2D eigenvalue weighted by Crippen LogP contribution is 2.25. The molecule has 1 N–H and O–H groups in total. The first kappa shape index (κ1) is 12.6. The van der Waals surface area contributed by atoms with Gasteiger partial charge >= 0.3 is 0 Å². The van der Waals surface area contributed by atoms with Crippen molar-refractivity contribution in [2.24, 2.45) is 0 Å². The summed E-state index contributed by atoms with van der Waals surface area (Å²) in [6.07, 6.45) is 3.77. The van der Waals surface area contributed by atoms with Crippen LogP contribution in [0.25, 0.3) is 0 Å². The van der Waals surface area contributed by atoms with Crippen LogP contribution in [-0.2, 0) is 16.6 Å². The molecule has 0 saturated carbocycles. The number of nitrogens with zero attached hydrogens (tertiary/aromatic N) is 1. The molecule has 0 unspecified atom stereocenters. The number of rotatable bonds is 5. The molecule has 0 aliphatic carbocycles. The van der Waals surface area contributed by atoms with E-state index in [1.54, 1.807) is 6.07 Å². The molecule has 0 aliphatic heterocycles. The highest BCUT2D eigenvalue weighted by Gasteiger charge is 2.15. The lowest BCUT2D eigenvalue weighted by Crippen LogP contribution is -2.26. The summed E-state index contributed by atoms with van der Waals surface area (Å²) in [6, 6.07) is 6.87. The molecule has 4 nitrogen and oxygen atoms in total. The number of hydrogen-bond donors (Lipinski definition) is 1. The third-order valence-electron chi connectivity index (χ3n) is 2.14. The first-order chi connectivity index (χ1) is 8.08. The second-order valence-electron chi connectivity index (χ2n) is 3.38. The lowest BCUT2D eigenvalue weighted by atomic mass is 10.6. The van der Waals surface area contributed by atoms with Gasteiger partial charge in [-0.25, -0.2) is 13.1 Å². The topological polar surface area (TPSA) is 51.1 Å². The maximum Gasteiger partial charge on any atom is 0.250 e. The van der Waals surface area contributed by atoms with Crippen LogP contribution in [-0.4, -0.2) is 19.5 Å². The van der Waals surface area contributed by atoms with Crippen LogP contribution >= 0.6 is 22.9 Å². The summed E-state index contributed by atoms with van der Waals surface area (Å²) in [5, 5.41) is 0. The van der Waals surface area contributed by atoms with Crippen LogP contribution in [0.3, 0.4) is 0 Å². The fraction of sp³-hybridized carbons (Fsp3) is 0.200. The molecule has 92 valence electrons.